The molecule has 0 aliphatic heterocycles. The molecule has 1 aromatic carbocycles. The lowest BCUT2D eigenvalue weighted by atomic mass is 10.1. The molecule has 0 saturated carbocycles. The van der Waals surface area contributed by atoms with Gasteiger partial charge in [0.15, 0.2) is 0 Å². The van der Waals surface area contributed by atoms with Crippen molar-refractivity contribution in [1.29, 1.82) is 0 Å². The molecule has 2 rings (SSSR count). The van der Waals surface area contributed by atoms with E-state index in [0.717, 1.165) is 23.4 Å². The summed E-state index contributed by atoms with van der Waals surface area (Å²) in [6.45, 7) is 5.14. The standard InChI is InChI=1S/C14H17N3O2/c1-3-17-9-12(8-15-17)10-19-14-6-4-13(5-7-14)11(2)16-18/h4-9,18H,3,10H2,1-2H3. The SMILES string of the molecule is CCn1cc(COc2ccc(C(C)=NO)cc2)cn1. The van der Waals surface area contributed by atoms with Crippen LogP contribution in [0.25, 0.3) is 0 Å². The van der Waals surface area contributed by atoms with E-state index >= 15 is 0 Å². The van der Waals surface area contributed by atoms with Crippen molar-refractivity contribution in [3.63, 3.8) is 0 Å². The van der Waals surface area contributed by atoms with E-state index in [4.69, 9.17) is 9.94 Å². The fraction of sp³-hybridized carbons (Fsp3) is 0.286. The summed E-state index contributed by atoms with van der Waals surface area (Å²) < 4.78 is 7.53. The molecular weight excluding hydrogens is 242 g/mol. The van der Waals surface area contributed by atoms with Gasteiger partial charge in [-0.25, -0.2) is 0 Å². The minimum absolute atomic E-state index is 0.492. The highest BCUT2D eigenvalue weighted by Gasteiger charge is 2.01. The number of hydrogen-bond acceptors (Lipinski definition) is 4. The molecule has 5 heteroatoms. The average molecular weight is 259 g/mol. The molecule has 0 aliphatic carbocycles. The molecule has 2 aromatic rings. The lowest BCUT2D eigenvalue weighted by Crippen LogP contribution is -1.97. The van der Waals surface area contributed by atoms with E-state index in [2.05, 4.69) is 10.3 Å². The molecule has 0 radical (unpaired) electrons. The predicted molar refractivity (Wildman–Crippen MR) is 72.7 cm³/mol. The Bertz CT molecular complexity index is 558. The van der Waals surface area contributed by atoms with Crippen LogP contribution in [0.15, 0.2) is 41.8 Å². The summed E-state index contributed by atoms with van der Waals surface area (Å²) in [4.78, 5) is 0. The van der Waals surface area contributed by atoms with E-state index in [-0.39, 0.29) is 0 Å². The van der Waals surface area contributed by atoms with Gasteiger partial charge in [0.1, 0.15) is 12.4 Å². The minimum atomic E-state index is 0.492. The second-order valence-corrected chi connectivity index (χ2v) is 4.20. The molecule has 1 N–H and O–H groups in total. The Morgan fingerprint density at radius 2 is 2.11 bits per heavy atom. The number of benzene rings is 1. The third kappa shape index (κ3) is 3.34. The summed E-state index contributed by atoms with van der Waals surface area (Å²) in [6, 6.07) is 7.43. The fourth-order valence-electron chi connectivity index (χ4n) is 1.67. The Morgan fingerprint density at radius 1 is 1.37 bits per heavy atom. The smallest absolute Gasteiger partial charge is 0.119 e. The zero-order valence-electron chi connectivity index (χ0n) is 11.1. The molecular formula is C14H17N3O2. The van der Waals surface area contributed by atoms with Crippen molar-refractivity contribution < 1.29 is 9.94 Å². The van der Waals surface area contributed by atoms with Crippen LogP contribution < -0.4 is 4.74 Å². The number of aryl methyl sites for hydroxylation is 1. The molecule has 0 saturated heterocycles. The molecule has 1 aromatic heterocycles. The second-order valence-electron chi connectivity index (χ2n) is 4.20. The Kier molecular flexibility index (Phi) is 4.18. The van der Waals surface area contributed by atoms with Gasteiger partial charge in [-0.15, -0.1) is 0 Å². The monoisotopic (exact) mass is 259 g/mol. The number of hydrogen-bond donors (Lipinski definition) is 1. The van der Waals surface area contributed by atoms with Crippen LogP contribution in [-0.4, -0.2) is 20.7 Å². The van der Waals surface area contributed by atoms with Crippen molar-refractivity contribution >= 4 is 5.71 Å². The van der Waals surface area contributed by atoms with Crippen molar-refractivity contribution in [2.24, 2.45) is 5.16 Å². The lowest BCUT2D eigenvalue weighted by Gasteiger charge is -2.05. The van der Waals surface area contributed by atoms with Gasteiger partial charge in [0.25, 0.3) is 0 Å². The third-order valence-corrected chi connectivity index (χ3v) is 2.84. The molecule has 0 unspecified atom stereocenters. The second kappa shape index (κ2) is 6.04. The van der Waals surface area contributed by atoms with Crippen LogP contribution >= 0.6 is 0 Å². The van der Waals surface area contributed by atoms with Crippen molar-refractivity contribution in [2.45, 2.75) is 27.0 Å². The lowest BCUT2D eigenvalue weighted by molar-refractivity contribution is 0.306. The molecule has 1 heterocycles. The quantitative estimate of drug-likeness (QED) is 0.510. The largest absolute Gasteiger partial charge is 0.489 e. The number of aromatic nitrogens is 2. The maximum atomic E-state index is 8.68. The van der Waals surface area contributed by atoms with E-state index in [0.29, 0.717) is 12.3 Å². The number of oxime groups is 1. The van der Waals surface area contributed by atoms with E-state index < -0.39 is 0 Å². The summed E-state index contributed by atoms with van der Waals surface area (Å²) in [7, 11) is 0. The molecule has 0 amide bonds. The van der Waals surface area contributed by atoms with Gasteiger partial charge in [-0.3, -0.25) is 4.68 Å². The predicted octanol–water partition coefficient (Wildman–Crippen LogP) is 2.68. The third-order valence-electron chi connectivity index (χ3n) is 2.84. The van der Waals surface area contributed by atoms with Crippen molar-refractivity contribution in [1.82, 2.24) is 9.78 Å². The summed E-state index contributed by atoms with van der Waals surface area (Å²) in [5.41, 5.74) is 2.49. The van der Waals surface area contributed by atoms with E-state index in [9.17, 15) is 0 Å². The molecule has 5 nitrogen and oxygen atoms in total. The van der Waals surface area contributed by atoms with Gasteiger partial charge in [0, 0.05) is 18.3 Å². The first kappa shape index (κ1) is 13.1. The fourth-order valence-corrected chi connectivity index (χ4v) is 1.67. The van der Waals surface area contributed by atoms with Gasteiger partial charge in [0.05, 0.1) is 11.9 Å². The van der Waals surface area contributed by atoms with Crippen LogP contribution in [0, 0.1) is 0 Å². The Labute approximate surface area is 112 Å². The van der Waals surface area contributed by atoms with Gasteiger partial charge >= 0.3 is 0 Å². The Morgan fingerprint density at radius 3 is 2.68 bits per heavy atom. The maximum absolute atomic E-state index is 8.68. The zero-order valence-corrected chi connectivity index (χ0v) is 11.1. The topological polar surface area (TPSA) is 59.6 Å². The van der Waals surface area contributed by atoms with Crippen molar-refractivity contribution in [3.05, 3.63) is 47.8 Å². The van der Waals surface area contributed by atoms with E-state index in [1.807, 2.05) is 42.1 Å². The summed E-state index contributed by atoms with van der Waals surface area (Å²) in [5, 5.41) is 16.0. The molecule has 19 heavy (non-hydrogen) atoms. The molecule has 0 bridgehead atoms. The molecule has 0 aliphatic rings. The van der Waals surface area contributed by atoms with Gasteiger partial charge < -0.3 is 9.94 Å². The van der Waals surface area contributed by atoms with E-state index in [1.54, 1.807) is 13.1 Å². The normalized spacial score (nSPS) is 11.6. The van der Waals surface area contributed by atoms with Crippen LogP contribution in [0.5, 0.6) is 5.75 Å². The van der Waals surface area contributed by atoms with E-state index in [1.165, 1.54) is 0 Å². The van der Waals surface area contributed by atoms with Gasteiger partial charge in [-0.05, 0) is 43.7 Å². The molecule has 0 fully saturated rings. The van der Waals surface area contributed by atoms with Crippen LogP contribution in [-0.2, 0) is 13.2 Å². The van der Waals surface area contributed by atoms with Gasteiger partial charge in [0.2, 0.25) is 0 Å². The zero-order chi connectivity index (χ0) is 13.7. The number of rotatable bonds is 5. The first-order chi connectivity index (χ1) is 9.22. The van der Waals surface area contributed by atoms with Crippen LogP contribution in [0.4, 0.5) is 0 Å². The minimum Gasteiger partial charge on any atom is -0.489 e. The highest BCUT2D eigenvalue weighted by atomic mass is 16.5. The summed E-state index contributed by atoms with van der Waals surface area (Å²) >= 11 is 0. The van der Waals surface area contributed by atoms with Gasteiger partial charge in [-0.2, -0.15) is 5.10 Å². The maximum Gasteiger partial charge on any atom is 0.119 e. The van der Waals surface area contributed by atoms with Crippen LogP contribution in [0.1, 0.15) is 25.0 Å². The highest BCUT2D eigenvalue weighted by molar-refractivity contribution is 5.98. The highest BCUT2D eigenvalue weighted by Crippen LogP contribution is 2.14. The molecule has 0 spiro atoms. The van der Waals surface area contributed by atoms with Crippen molar-refractivity contribution in [3.8, 4) is 5.75 Å². The average Bonchev–Trinajstić information content (AvgIpc) is 2.93. The molecule has 0 atom stereocenters. The molecule has 100 valence electrons. The summed E-state index contributed by atoms with van der Waals surface area (Å²) in [6.07, 6.45) is 3.78. The van der Waals surface area contributed by atoms with Crippen LogP contribution in [0.2, 0.25) is 0 Å². The van der Waals surface area contributed by atoms with Crippen molar-refractivity contribution in [2.75, 3.05) is 0 Å². The Hall–Kier alpha value is -2.30. The first-order valence-electron chi connectivity index (χ1n) is 6.16. The summed E-state index contributed by atoms with van der Waals surface area (Å²) in [5.74, 6) is 0.777. The first-order valence-corrected chi connectivity index (χ1v) is 6.16. The van der Waals surface area contributed by atoms with Gasteiger partial charge in [-0.1, -0.05) is 5.16 Å². The number of nitrogens with zero attached hydrogens (tertiary/aromatic N) is 3. The Balaban J connectivity index is 1.96. The van der Waals surface area contributed by atoms with Crippen LogP contribution in [0.3, 0.4) is 0 Å². The number of ether oxygens (including phenoxy) is 1.